The molecule has 0 radical (unpaired) electrons. The van der Waals surface area contributed by atoms with Crippen LogP contribution in [0.1, 0.15) is 37.6 Å². The van der Waals surface area contributed by atoms with Crippen LogP contribution < -0.4 is 5.32 Å². The average Bonchev–Trinajstić information content (AvgIpc) is 2.74. The van der Waals surface area contributed by atoms with Gasteiger partial charge in [-0.25, -0.2) is 0 Å². The van der Waals surface area contributed by atoms with Crippen molar-refractivity contribution in [1.29, 1.82) is 0 Å². The Morgan fingerprint density at radius 1 is 1.41 bits per heavy atom. The van der Waals surface area contributed by atoms with Crippen LogP contribution in [-0.4, -0.2) is 27.8 Å². The van der Waals surface area contributed by atoms with Gasteiger partial charge in [0.1, 0.15) is 0 Å². The average molecular weight is 305 g/mol. The summed E-state index contributed by atoms with van der Waals surface area (Å²) in [5.74, 6) is -0.771. The summed E-state index contributed by atoms with van der Waals surface area (Å²) in [7, 11) is 1.82. The Bertz CT molecular complexity index is 604. The fourth-order valence-electron chi connectivity index (χ4n) is 2.51. The molecule has 120 valence electrons. The summed E-state index contributed by atoms with van der Waals surface area (Å²) in [6.45, 7) is 5.29. The van der Waals surface area contributed by atoms with Crippen molar-refractivity contribution in [3.8, 4) is 0 Å². The van der Waals surface area contributed by atoms with Gasteiger partial charge in [-0.1, -0.05) is 12.2 Å². The van der Waals surface area contributed by atoms with Crippen molar-refractivity contribution in [2.45, 2.75) is 46.1 Å². The van der Waals surface area contributed by atoms with E-state index in [1.807, 2.05) is 27.0 Å². The highest BCUT2D eigenvalue weighted by molar-refractivity contribution is 5.96. The summed E-state index contributed by atoms with van der Waals surface area (Å²) in [6, 6.07) is 0. The standard InChI is InChI=1S/C16H23N3O3/c1-10-14(11(2)19(4)18-10)17-15(20)12(3)22-16(21)13-8-6-5-7-9-13/h5-6,12-13H,7-9H2,1-4H3,(H,17,20)/t12-,13-/m1/s1. The Balaban J connectivity index is 1.94. The Hall–Kier alpha value is -2.11. The summed E-state index contributed by atoms with van der Waals surface area (Å²) in [4.78, 5) is 24.3. The fraction of sp³-hybridized carbons (Fsp3) is 0.562. The van der Waals surface area contributed by atoms with Crippen LogP contribution in [0.15, 0.2) is 12.2 Å². The van der Waals surface area contributed by atoms with Gasteiger partial charge in [0.15, 0.2) is 6.10 Å². The lowest BCUT2D eigenvalue weighted by Gasteiger charge is -2.19. The second-order valence-corrected chi connectivity index (χ2v) is 5.72. The van der Waals surface area contributed by atoms with Crippen LogP contribution >= 0.6 is 0 Å². The minimum atomic E-state index is -0.822. The van der Waals surface area contributed by atoms with Crippen LogP contribution in [0.4, 0.5) is 5.69 Å². The molecule has 6 heteroatoms. The van der Waals surface area contributed by atoms with Gasteiger partial charge >= 0.3 is 5.97 Å². The van der Waals surface area contributed by atoms with Crippen molar-refractivity contribution >= 4 is 17.6 Å². The molecule has 0 spiro atoms. The molecule has 0 saturated heterocycles. The number of aryl methyl sites for hydroxylation is 2. The van der Waals surface area contributed by atoms with Crippen LogP contribution in [0.3, 0.4) is 0 Å². The van der Waals surface area contributed by atoms with Crippen molar-refractivity contribution in [2.75, 3.05) is 5.32 Å². The highest BCUT2D eigenvalue weighted by Gasteiger charge is 2.25. The molecule has 2 atom stereocenters. The number of allylic oxidation sites excluding steroid dienone is 2. The van der Waals surface area contributed by atoms with E-state index in [0.717, 1.165) is 24.2 Å². The van der Waals surface area contributed by atoms with Gasteiger partial charge in [0.05, 0.1) is 23.0 Å². The van der Waals surface area contributed by atoms with Crippen molar-refractivity contribution in [3.63, 3.8) is 0 Å². The molecule has 0 unspecified atom stereocenters. The zero-order valence-corrected chi connectivity index (χ0v) is 13.5. The van der Waals surface area contributed by atoms with E-state index < -0.39 is 6.10 Å². The maximum atomic E-state index is 12.2. The fourth-order valence-corrected chi connectivity index (χ4v) is 2.51. The third-order valence-corrected chi connectivity index (χ3v) is 4.02. The number of nitrogens with zero attached hydrogens (tertiary/aromatic N) is 2. The quantitative estimate of drug-likeness (QED) is 0.684. The van der Waals surface area contributed by atoms with Crippen LogP contribution in [0.2, 0.25) is 0 Å². The molecule has 1 aromatic heterocycles. The largest absolute Gasteiger partial charge is 0.452 e. The minimum Gasteiger partial charge on any atom is -0.452 e. The molecule has 1 N–H and O–H groups in total. The molecule has 0 fully saturated rings. The number of esters is 1. The number of anilines is 1. The van der Waals surface area contributed by atoms with E-state index >= 15 is 0 Å². The third kappa shape index (κ3) is 3.55. The second kappa shape index (κ2) is 6.77. The SMILES string of the molecule is Cc1nn(C)c(C)c1NC(=O)[C@@H](C)OC(=O)[C@@H]1CC=CCC1. The maximum Gasteiger partial charge on any atom is 0.310 e. The number of carbonyl (C=O) groups is 2. The number of rotatable bonds is 4. The Morgan fingerprint density at radius 2 is 2.14 bits per heavy atom. The van der Waals surface area contributed by atoms with E-state index in [0.29, 0.717) is 12.1 Å². The van der Waals surface area contributed by atoms with E-state index in [1.54, 1.807) is 11.6 Å². The van der Waals surface area contributed by atoms with Crippen LogP contribution in [0.5, 0.6) is 0 Å². The normalized spacial score (nSPS) is 18.8. The Morgan fingerprint density at radius 3 is 2.68 bits per heavy atom. The number of hydrogen-bond donors (Lipinski definition) is 1. The van der Waals surface area contributed by atoms with Gasteiger partial charge in [0.25, 0.3) is 5.91 Å². The first-order chi connectivity index (χ1) is 10.4. The Kier molecular flexibility index (Phi) is 5.00. The van der Waals surface area contributed by atoms with E-state index in [2.05, 4.69) is 16.5 Å². The summed E-state index contributed by atoms with van der Waals surface area (Å²) in [5.41, 5.74) is 2.28. The van der Waals surface area contributed by atoms with Crippen LogP contribution in [0, 0.1) is 19.8 Å². The van der Waals surface area contributed by atoms with E-state index in [4.69, 9.17) is 4.74 Å². The van der Waals surface area contributed by atoms with Crippen molar-refractivity contribution in [3.05, 3.63) is 23.5 Å². The van der Waals surface area contributed by atoms with Crippen molar-refractivity contribution in [2.24, 2.45) is 13.0 Å². The molecular weight excluding hydrogens is 282 g/mol. The molecule has 2 rings (SSSR count). The third-order valence-electron chi connectivity index (χ3n) is 4.02. The predicted molar refractivity (Wildman–Crippen MR) is 83.3 cm³/mol. The molecule has 1 heterocycles. The smallest absolute Gasteiger partial charge is 0.310 e. The lowest BCUT2D eigenvalue weighted by molar-refractivity contribution is -0.157. The Labute approximate surface area is 130 Å². The number of amides is 1. The number of ether oxygens (including phenoxy) is 1. The zero-order valence-electron chi connectivity index (χ0n) is 13.5. The number of hydrogen-bond acceptors (Lipinski definition) is 4. The van der Waals surface area contributed by atoms with Crippen LogP contribution in [-0.2, 0) is 21.4 Å². The molecule has 1 aliphatic carbocycles. The van der Waals surface area contributed by atoms with E-state index in [9.17, 15) is 9.59 Å². The van der Waals surface area contributed by atoms with Crippen molar-refractivity contribution < 1.29 is 14.3 Å². The topological polar surface area (TPSA) is 73.2 Å². The molecule has 1 amide bonds. The first-order valence-corrected chi connectivity index (χ1v) is 7.56. The van der Waals surface area contributed by atoms with Gasteiger partial charge in [0, 0.05) is 7.05 Å². The molecule has 1 aliphatic rings. The summed E-state index contributed by atoms with van der Waals surface area (Å²) < 4.78 is 7.00. The number of aromatic nitrogens is 2. The van der Waals surface area contributed by atoms with Gasteiger partial charge in [-0.2, -0.15) is 5.10 Å². The molecule has 1 aromatic rings. The van der Waals surface area contributed by atoms with E-state index in [-0.39, 0.29) is 17.8 Å². The summed E-state index contributed by atoms with van der Waals surface area (Å²) >= 11 is 0. The maximum absolute atomic E-state index is 12.2. The monoisotopic (exact) mass is 305 g/mol. The molecular formula is C16H23N3O3. The number of nitrogens with one attached hydrogen (secondary N) is 1. The van der Waals surface area contributed by atoms with Gasteiger partial charge in [-0.15, -0.1) is 0 Å². The molecule has 0 bridgehead atoms. The predicted octanol–water partition coefficient (Wildman–Crippen LogP) is 2.26. The van der Waals surface area contributed by atoms with Crippen molar-refractivity contribution in [1.82, 2.24) is 9.78 Å². The first kappa shape index (κ1) is 16.3. The van der Waals surface area contributed by atoms with Crippen LogP contribution in [0.25, 0.3) is 0 Å². The minimum absolute atomic E-state index is 0.137. The second-order valence-electron chi connectivity index (χ2n) is 5.72. The van der Waals surface area contributed by atoms with E-state index in [1.165, 1.54) is 0 Å². The zero-order chi connectivity index (χ0) is 16.3. The lowest BCUT2D eigenvalue weighted by atomic mass is 9.95. The highest BCUT2D eigenvalue weighted by atomic mass is 16.5. The van der Waals surface area contributed by atoms with Gasteiger partial charge in [-0.3, -0.25) is 14.3 Å². The first-order valence-electron chi connectivity index (χ1n) is 7.56. The molecule has 22 heavy (non-hydrogen) atoms. The molecule has 0 saturated carbocycles. The lowest BCUT2D eigenvalue weighted by Crippen LogP contribution is -2.32. The molecule has 6 nitrogen and oxygen atoms in total. The highest BCUT2D eigenvalue weighted by Crippen LogP contribution is 2.21. The number of carbonyl (C=O) groups excluding carboxylic acids is 2. The summed E-state index contributed by atoms with van der Waals surface area (Å²) in [5, 5.41) is 7.04. The molecule has 0 aliphatic heterocycles. The van der Waals surface area contributed by atoms with Gasteiger partial charge in [0.2, 0.25) is 0 Å². The molecule has 0 aromatic carbocycles. The summed E-state index contributed by atoms with van der Waals surface area (Å²) in [6.07, 6.45) is 5.58. The van der Waals surface area contributed by atoms with Gasteiger partial charge < -0.3 is 10.1 Å². The van der Waals surface area contributed by atoms with Gasteiger partial charge in [-0.05, 0) is 40.0 Å².